The molecule has 1 aliphatic heterocycles. The zero-order valence-electron chi connectivity index (χ0n) is 16.6. The van der Waals surface area contributed by atoms with E-state index in [4.69, 9.17) is 0 Å². The number of rotatable bonds is 8. The van der Waals surface area contributed by atoms with E-state index in [1.807, 2.05) is 12.1 Å². The highest BCUT2D eigenvalue weighted by atomic mass is 16.2. The zero-order valence-corrected chi connectivity index (χ0v) is 16.6. The van der Waals surface area contributed by atoms with Crippen molar-refractivity contribution in [3.8, 4) is 0 Å². The number of likely N-dealkylation sites (tertiary alicyclic amines) is 1. The van der Waals surface area contributed by atoms with Crippen LogP contribution in [0.1, 0.15) is 64.9 Å². The normalized spacial score (nSPS) is 16.3. The minimum atomic E-state index is -0.0425. The quantitative estimate of drug-likeness (QED) is 0.736. The fraction of sp³-hybridized carbons (Fsp3) is 0.636. The van der Waals surface area contributed by atoms with Gasteiger partial charge in [0.2, 0.25) is 11.8 Å². The van der Waals surface area contributed by atoms with Gasteiger partial charge in [0.05, 0.1) is 0 Å². The molecule has 1 aliphatic rings. The van der Waals surface area contributed by atoms with Gasteiger partial charge >= 0.3 is 0 Å². The molecular formula is C22H34N2O2. The van der Waals surface area contributed by atoms with Gasteiger partial charge in [-0.15, -0.1) is 0 Å². The molecule has 1 heterocycles. The van der Waals surface area contributed by atoms with Gasteiger partial charge in [-0.1, -0.05) is 38.8 Å². The van der Waals surface area contributed by atoms with Crippen LogP contribution in [-0.2, 0) is 16.0 Å². The molecular weight excluding hydrogens is 324 g/mol. The molecule has 0 radical (unpaired) electrons. The molecule has 0 spiro atoms. The molecule has 1 N–H and O–H groups in total. The molecule has 2 amide bonds. The smallest absolute Gasteiger partial charge is 0.225 e. The van der Waals surface area contributed by atoms with Crippen molar-refractivity contribution in [2.24, 2.45) is 11.8 Å². The molecule has 26 heavy (non-hydrogen) atoms. The second-order valence-corrected chi connectivity index (χ2v) is 7.60. The van der Waals surface area contributed by atoms with Gasteiger partial charge in [-0.05, 0) is 55.7 Å². The molecule has 1 aromatic carbocycles. The van der Waals surface area contributed by atoms with Crippen LogP contribution in [0, 0.1) is 11.8 Å². The van der Waals surface area contributed by atoms with Gasteiger partial charge in [-0.25, -0.2) is 0 Å². The molecule has 1 aromatic rings. The first-order valence-corrected chi connectivity index (χ1v) is 10.2. The molecule has 2 rings (SSSR count). The number of hydrogen-bond acceptors (Lipinski definition) is 2. The van der Waals surface area contributed by atoms with E-state index in [0.29, 0.717) is 11.8 Å². The van der Waals surface area contributed by atoms with Crippen molar-refractivity contribution in [2.75, 3.05) is 18.4 Å². The molecule has 1 unspecified atom stereocenters. The van der Waals surface area contributed by atoms with Crippen LogP contribution < -0.4 is 5.32 Å². The summed E-state index contributed by atoms with van der Waals surface area (Å²) in [5, 5.41) is 2.80. The highest BCUT2D eigenvalue weighted by Gasteiger charge is 2.27. The van der Waals surface area contributed by atoms with E-state index < -0.39 is 0 Å². The summed E-state index contributed by atoms with van der Waals surface area (Å²) in [6.07, 6.45) is 7.52. The summed E-state index contributed by atoms with van der Waals surface area (Å²) in [5.41, 5.74) is 2.15. The summed E-state index contributed by atoms with van der Waals surface area (Å²) >= 11 is 0. The Morgan fingerprint density at radius 1 is 1.15 bits per heavy atom. The number of amides is 2. The number of nitrogens with one attached hydrogen (secondary N) is 1. The van der Waals surface area contributed by atoms with E-state index in [2.05, 4.69) is 36.2 Å². The van der Waals surface area contributed by atoms with Crippen LogP contribution in [-0.4, -0.2) is 29.8 Å². The molecule has 0 aromatic heterocycles. The molecule has 4 heteroatoms. The number of nitrogens with zero attached hydrogens (tertiary/aromatic N) is 1. The van der Waals surface area contributed by atoms with Crippen LogP contribution in [0.15, 0.2) is 24.3 Å². The fourth-order valence-corrected chi connectivity index (χ4v) is 3.83. The Balaban J connectivity index is 1.80. The van der Waals surface area contributed by atoms with Crippen LogP contribution in [0.3, 0.4) is 0 Å². The Hall–Kier alpha value is -1.84. The van der Waals surface area contributed by atoms with Gasteiger partial charge in [-0.2, -0.15) is 0 Å². The van der Waals surface area contributed by atoms with Crippen LogP contribution in [0.2, 0.25) is 0 Å². The maximum Gasteiger partial charge on any atom is 0.225 e. The van der Waals surface area contributed by atoms with Crippen molar-refractivity contribution >= 4 is 17.5 Å². The first kappa shape index (κ1) is 20.5. The zero-order chi connectivity index (χ0) is 18.9. The second-order valence-electron chi connectivity index (χ2n) is 7.60. The van der Waals surface area contributed by atoms with E-state index >= 15 is 0 Å². The van der Waals surface area contributed by atoms with Crippen molar-refractivity contribution in [1.82, 2.24) is 4.90 Å². The Bertz CT molecular complexity index is 574. The first-order valence-electron chi connectivity index (χ1n) is 10.2. The lowest BCUT2D eigenvalue weighted by molar-refractivity contribution is -0.137. The van der Waals surface area contributed by atoms with Crippen molar-refractivity contribution in [3.63, 3.8) is 0 Å². The highest BCUT2D eigenvalue weighted by Crippen LogP contribution is 2.25. The third kappa shape index (κ3) is 6.15. The molecule has 0 aliphatic carbocycles. The third-order valence-corrected chi connectivity index (χ3v) is 5.47. The Morgan fingerprint density at radius 2 is 1.81 bits per heavy atom. The second kappa shape index (κ2) is 10.3. The fourth-order valence-electron chi connectivity index (χ4n) is 3.83. The maximum atomic E-state index is 12.7. The summed E-state index contributed by atoms with van der Waals surface area (Å²) in [6, 6.07) is 8.13. The van der Waals surface area contributed by atoms with E-state index in [1.165, 1.54) is 12.5 Å². The minimum Gasteiger partial charge on any atom is -0.342 e. The topological polar surface area (TPSA) is 49.4 Å². The summed E-state index contributed by atoms with van der Waals surface area (Å²) in [6.45, 7) is 7.64. The lowest BCUT2D eigenvalue weighted by Gasteiger charge is -2.34. The summed E-state index contributed by atoms with van der Waals surface area (Å²) < 4.78 is 0. The van der Waals surface area contributed by atoms with Gasteiger partial charge in [0, 0.05) is 31.6 Å². The number of carbonyl (C=O) groups excluding carboxylic acids is 2. The summed E-state index contributed by atoms with van der Waals surface area (Å²) in [4.78, 5) is 25.9. The Labute approximate surface area is 158 Å². The van der Waals surface area contributed by atoms with Crippen LogP contribution >= 0.6 is 0 Å². The molecule has 0 bridgehead atoms. The molecule has 1 fully saturated rings. The number of unbranched alkanes of at least 4 members (excludes halogenated alkanes) is 1. The largest absolute Gasteiger partial charge is 0.342 e. The number of benzene rings is 1. The number of carbonyl (C=O) groups is 2. The van der Waals surface area contributed by atoms with Crippen LogP contribution in [0.4, 0.5) is 5.69 Å². The maximum absolute atomic E-state index is 12.7. The monoisotopic (exact) mass is 358 g/mol. The van der Waals surface area contributed by atoms with Gasteiger partial charge < -0.3 is 10.2 Å². The van der Waals surface area contributed by atoms with Gasteiger partial charge in [-0.3, -0.25) is 9.59 Å². The predicted octanol–water partition coefficient (Wildman–Crippen LogP) is 4.64. The number of piperidine rings is 1. The highest BCUT2D eigenvalue weighted by molar-refractivity contribution is 5.88. The van der Waals surface area contributed by atoms with Gasteiger partial charge in [0.15, 0.2) is 0 Å². The van der Waals surface area contributed by atoms with Crippen LogP contribution in [0.25, 0.3) is 0 Å². The molecule has 4 nitrogen and oxygen atoms in total. The van der Waals surface area contributed by atoms with E-state index in [-0.39, 0.29) is 11.8 Å². The molecule has 1 saturated heterocycles. The predicted molar refractivity (Wildman–Crippen MR) is 107 cm³/mol. The van der Waals surface area contributed by atoms with E-state index in [9.17, 15) is 9.59 Å². The number of hydrogen-bond donors (Lipinski definition) is 1. The minimum absolute atomic E-state index is 0.0425. The summed E-state index contributed by atoms with van der Waals surface area (Å²) in [7, 11) is 0. The SMILES string of the molecule is CCCCC(CC)C(=O)N1CCC(Cc2ccc(NC(C)=O)cc2)CC1. The van der Waals surface area contributed by atoms with E-state index in [0.717, 1.165) is 63.7 Å². The van der Waals surface area contributed by atoms with Crippen molar-refractivity contribution in [2.45, 2.75) is 65.7 Å². The molecule has 0 saturated carbocycles. The van der Waals surface area contributed by atoms with Crippen molar-refractivity contribution in [3.05, 3.63) is 29.8 Å². The average molecular weight is 359 g/mol. The molecule has 144 valence electrons. The van der Waals surface area contributed by atoms with Crippen LogP contribution in [0.5, 0.6) is 0 Å². The molecule has 1 atom stereocenters. The number of anilines is 1. The summed E-state index contributed by atoms with van der Waals surface area (Å²) in [5.74, 6) is 1.19. The Kier molecular flexibility index (Phi) is 8.14. The van der Waals surface area contributed by atoms with Crippen molar-refractivity contribution < 1.29 is 9.59 Å². The average Bonchev–Trinajstić information content (AvgIpc) is 2.64. The standard InChI is InChI=1S/C22H34N2O2/c1-4-6-7-20(5-2)22(26)24-14-12-19(13-15-24)16-18-8-10-21(11-9-18)23-17(3)25/h8-11,19-20H,4-7,12-16H2,1-3H3,(H,23,25). The van der Waals surface area contributed by atoms with Gasteiger partial charge in [0.1, 0.15) is 0 Å². The van der Waals surface area contributed by atoms with Gasteiger partial charge in [0.25, 0.3) is 0 Å². The first-order chi connectivity index (χ1) is 12.5. The van der Waals surface area contributed by atoms with E-state index in [1.54, 1.807) is 0 Å². The Morgan fingerprint density at radius 3 is 2.35 bits per heavy atom. The lowest BCUT2D eigenvalue weighted by atomic mass is 9.89. The van der Waals surface area contributed by atoms with Crippen molar-refractivity contribution in [1.29, 1.82) is 0 Å². The third-order valence-electron chi connectivity index (χ3n) is 5.47. The lowest BCUT2D eigenvalue weighted by Crippen LogP contribution is -2.42.